The van der Waals surface area contributed by atoms with E-state index < -0.39 is 11.6 Å². The zero-order valence-corrected chi connectivity index (χ0v) is 11.0. The molecule has 0 aliphatic carbocycles. The lowest BCUT2D eigenvalue weighted by Crippen LogP contribution is -2.22. The highest BCUT2D eigenvalue weighted by molar-refractivity contribution is 5.47. The van der Waals surface area contributed by atoms with Crippen LogP contribution < -0.4 is 10.6 Å². The highest BCUT2D eigenvalue weighted by Gasteiger charge is 2.14. The maximum atomic E-state index is 13.5. The Hall–Kier alpha value is -1.43. The van der Waals surface area contributed by atoms with Crippen molar-refractivity contribution in [3.63, 3.8) is 0 Å². The molecule has 0 spiro atoms. The molecule has 106 valence electrons. The Bertz CT molecular complexity index is 423. The van der Waals surface area contributed by atoms with Crippen LogP contribution in [0.15, 0.2) is 6.07 Å². The van der Waals surface area contributed by atoms with Gasteiger partial charge in [-0.15, -0.1) is 0 Å². The number of nitrogens with one attached hydrogen (secondary N) is 2. The number of hydrogen-bond donors (Lipinski definition) is 2. The van der Waals surface area contributed by atoms with Gasteiger partial charge in [-0.2, -0.15) is 0 Å². The first-order chi connectivity index (χ1) is 9.20. The number of anilines is 2. The van der Waals surface area contributed by atoms with E-state index in [2.05, 4.69) is 15.6 Å². The molecule has 6 heteroatoms. The molecule has 1 saturated heterocycles. The molecule has 2 rings (SSSR count). The molecule has 1 unspecified atom stereocenters. The molecule has 1 aliphatic rings. The van der Waals surface area contributed by atoms with Gasteiger partial charge in [-0.25, -0.2) is 13.8 Å². The minimum atomic E-state index is -0.693. The van der Waals surface area contributed by atoms with E-state index >= 15 is 0 Å². The van der Waals surface area contributed by atoms with Crippen LogP contribution in [-0.4, -0.2) is 31.3 Å². The average Bonchev–Trinajstić information content (AvgIpc) is 2.42. The van der Waals surface area contributed by atoms with Crippen LogP contribution in [0.5, 0.6) is 0 Å². The van der Waals surface area contributed by atoms with E-state index in [0.29, 0.717) is 6.54 Å². The average molecular weight is 271 g/mol. The maximum absolute atomic E-state index is 13.5. The standard InChI is InChI=1S/C13H19F2N3O/c1-16-12-10(14)8-11(15)13(18-12)17-6-5-9-4-2-3-7-19-9/h8-9H,2-7H2,1H3,(H2,16,17,18). The fourth-order valence-electron chi connectivity index (χ4n) is 2.15. The van der Waals surface area contributed by atoms with E-state index in [0.717, 1.165) is 31.9 Å². The van der Waals surface area contributed by atoms with Crippen molar-refractivity contribution >= 4 is 11.6 Å². The van der Waals surface area contributed by atoms with Crippen LogP contribution in [-0.2, 0) is 4.74 Å². The van der Waals surface area contributed by atoms with E-state index in [1.807, 2.05) is 0 Å². The van der Waals surface area contributed by atoms with Gasteiger partial charge in [0.2, 0.25) is 0 Å². The summed E-state index contributed by atoms with van der Waals surface area (Å²) in [5.74, 6) is -1.26. The second-order valence-corrected chi connectivity index (χ2v) is 4.60. The smallest absolute Gasteiger partial charge is 0.168 e. The van der Waals surface area contributed by atoms with Crippen molar-refractivity contribution in [3.05, 3.63) is 17.7 Å². The fourth-order valence-corrected chi connectivity index (χ4v) is 2.15. The van der Waals surface area contributed by atoms with Gasteiger partial charge < -0.3 is 15.4 Å². The lowest BCUT2D eigenvalue weighted by molar-refractivity contribution is 0.0134. The van der Waals surface area contributed by atoms with Gasteiger partial charge in [0.25, 0.3) is 0 Å². The second-order valence-electron chi connectivity index (χ2n) is 4.60. The number of aromatic nitrogens is 1. The van der Waals surface area contributed by atoms with Crippen LogP contribution in [0, 0.1) is 11.6 Å². The van der Waals surface area contributed by atoms with Gasteiger partial charge in [-0.05, 0) is 25.7 Å². The van der Waals surface area contributed by atoms with Crippen LogP contribution in [0.3, 0.4) is 0 Å². The number of nitrogens with zero attached hydrogens (tertiary/aromatic N) is 1. The van der Waals surface area contributed by atoms with E-state index in [1.54, 1.807) is 7.05 Å². The number of pyridine rings is 1. The molecule has 4 nitrogen and oxygen atoms in total. The quantitative estimate of drug-likeness (QED) is 0.864. The molecule has 0 radical (unpaired) electrons. The van der Waals surface area contributed by atoms with E-state index in [-0.39, 0.29) is 17.7 Å². The first-order valence-corrected chi connectivity index (χ1v) is 6.60. The first kappa shape index (κ1) is 14.0. The number of hydrogen-bond acceptors (Lipinski definition) is 4. The highest BCUT2D eigenvalue weighted by atomic mass is 19.1. The van der Waals surface area contributed by atoms with Crippen LogP contribution in [0.1, 0.15) is 25.7 Å². The van der Waals surface area contributed by atoms with Crippen molar-refractivity contribution in [2.75, 3.05) is 30.8 Å². The van der Waals surface area contributed by atoms with Gasteiger partial charge in [0.05, 0.1) is 6.10 Å². The van der Waals surface area contributed by atoms with E-state index in [9.17, 15) is 8.78 Å². The molecule has 1 aromatic rings. The van der Waals surface area contributed by atoms with E-state index in [1.165, 1.54) is 6.42 Å². The molecular weight excluding hydrogens is 252 g/mol. The zero-order valence-electron chi connectivity index (χ0n) is 11.0. The maximum Gasteiger partial charge on any atom is 0.168 e. The Morgan fingerprint density at radius 3 is 2.79 bits per heavy atom. The Balaban J connectivity index is 1.88. The molecule has 1 aromatic heterocycles. The molecular formula is C13H19F2N3O. The fraction of sp³-hybridized carbons (Fsp3) is 0.615. The van der Waals surface area contributed by atoms with Crippen molar-refractivity contribution in [3.8, 4) is 0 Å². The normalized spacial score (nSPS) is 19.2. The van der Waals surface area contributed by atoms with Crippen molar-refractivity contribution < 1.29 is 13.5 Å². The molecule has 19 heavy (non-hydrogen) atoms. The highest BCUT2D eigenvalue weighted by Crippen LogP contribution is 2.19. The van der Waals surface area contributed by atoms with Gasteiger partial charge >= 0.3 is 0 Å². The van der Waals surface area contributed by atoms with Crippen LogP contribution in [0.4, 0.5) is 20.4 Å². The third-order valence-electron chi connectivity index (χ3n) is 3.20. The van der Waals surface area contributed by atoms with Gasteiger partial charge in [0, 0.05) is 26.3 Å². The Morgan fingerprint density at radius 1 is 1.32 bits per heavy atom. The molecule has 0 aromatic carbocycles. The number of halogens is 2. The molecule has 2 heterocycles. The topological polar surface area (TPSA) is 46.2 Å². The molecule has 2 N–H and O–H groups in total. The summed E-state index contributed by atoms with van der Waals surface area (Å²) in [4.78, 5) is 3.86. The molecule has 1 fully saturated rings. The second kappa shape index (κ2) is 6.65. The Morgan fingerprint density at radius 2 is 2.11 bits per heavy atom. The molecule has 1 atom stereocenters. The van der Waals surface area contributed by atoms with Gasteiger partial charge in [-0.3, -0.25) is 0 Å². The summed E-state index contributed by atoms with van der Waals surface area (Å²) in [5, 5.41) is 5.47. The van der Waals surface area contributed by atoms with Crippen molar-refractivity contribution in [1.29, 1.82) is 0 Å². The third-order valence-corrected chi connectivity index (χ3v) is 3.20. The SMILES string of the molecule is CNc1nc(NCCC2CCCCO2)c(F)cc1F. The predicted molar refractivity (Wildman–Crippen MR) is 70.4 cm³/mol. The summed E-state index contributed by atoms with van der Waals surface area (Å²) in [6.07, 6.45) is 4.37. The Kier molecular flexibility index (Phi) is 4.90. The summed E-state index contributed by atoms with van der Waals surface area (Å²) in [6, 6.07) is 0.832. The molecule has 0 saturated carbocycles. The minimum Gasteiger partial charge on any atom is -0.378 e. The first-order valence-electron chi connectivity index (χ1n) is 6.60. The minimum absolute atomic E-state index is 0.0396. The van der Waals surface area contributed by atoms with Crippen LogP contribution in [0.25, 0.3) is 0 Å². The number of rotatable bonds is 5. The number of ether oxygens (including phenoxy) is 1. The monoisotopic (exact) mass is 271 g/mol. The zero-order chi connectivity index (χ0) is 13.7. The van der Waals surface area contributed by atoms with Crippen LogP contribution >= 0.6 is 0 Å². The summed E-state index contributed by atoms with van der Waals surface area (Å²) in [6.45, 7) is 1.36. The lowest BCUT2D eigenvalue weighted by Gasteiger charge is -2.22. The molecule has 1 aliphatic heterocycles. The van der Waals surface area contributed by atoms with Crippen molar-refractivity contribution in [1.82, 2.24) is 4.98 Å². The largest absolute Gasteiger partial charge is 0.378 e. The third kappa shape index (κ3) is 3.76. The summed E-state index contributed by atoms with van der Waals surface area (Å²) < 4.78 is 32.3. The summed E-state index contributed by atoms with van der Waals surface area (Å²) in [7, 11) is 1.54. The van der Waals surface area contributed by atoms with Gasteiger partial charge in [0.1, 0.15) is 0 Å². The van der Waals surface area contributed by atoms with E-state index in [4.69, 9.17) is 4.74 Å². The van der Waals surface area contributed by atoms with Crippen molar-refractivity contribution in [2.24, 2.45) is 0 Å². The van der Waals surface area contributed by atoms with Gasteiger partial charge in [0.15, 0.2) is 23.3 Å². The summed E-state index contributed by atoms with van der Waals surface area (Å²) in [5.41, 5.74) is 0. The molecule has 0 amide bonds. The Labute approximate surface area is 111 Å². The lowest BCUT2D eigenvalue weighted by atomic mass is 10.1. The summed E-state index contributed by atoms with van der Waals surface area (Å²) >= 11 is 0. The van der Waals surface area contributed by atoms with Gasteiger partial charge in [-0.1, -0.05) is 0 Å². The predicted octanol–water partition coefficient (Wildman–Crippen LogP) is 2.77. The van der Waals surface area contributed by atoms with Crippen LogP contribution in [0.2, 0.25) is 0 Å². The molecule has 0 bridgehead atoms. The van der Waals surface area contributed by atoms with Crippen molar-refractivity contribution in [2.45, 2.75) is 31.8 Å².